The number of nitro benzene ring substituents is 2. The monoisotopic (exact) mass is 660 g/mol. The number of phenols is 2. The second-order valence-corrected chi connectivity index (χ2v) is 12.5. The number of aromatic hydroxyl groups is 2. The standard InChI is InChI=1S/C27H20N2O14S2/c30-20-10-9-15(11-21(20)31)27-22(32)14-17-23(41-27)12-16(42-44(37,38)25-7-3-1-5-18(25)28(33)34)13-24(17)43-45(39,40)26-8-4-2-6-19(26)29(35)36/h1-13,22,27,30-32H,14H2/t22-,27-/m1/s1. The van der Waals surface area contributed by atoms with Gasteiger partial charge in [0.05, 0.1) is 16.0 Å². The lowest BCUT2D eigenvalue weighted by atomic mass is 9.94. The third-order valence-corrected chi connectivity index (χ3v) is 9.13. The summed E-state index contributed by atoms with van der Waals surface area (Å²) in [4.78, 5) is 19.4. The number of benzene rings is 4. The highest BCUT2D eigenvalue weighted by atomic mass is 32.2. The van der Waals surface area contributed by atoms with Crippen LogP contribution < -0.4 is 13.1 Å². The highest BCUT2D eigenvalue weighted by molar-refractivity contribution is 7.87. The van der Waals surface area contributed by atoms with Crippen molar-refractivity contribution in [2.45, 2.75) is 28.4 Å². The smallest absolute Gasteiger partial charge is 0.346 e. The van der Waals surface area contributed by atoms with Gasteiger partial charge in [0.25, 0.3) is 11.4 Å². The van der Waals surface area contributed by atoms with Gasteiger partial charge in [0, 0.05) is 36.2 Å². The van der Waals surface area contributed by atoms with Gasteiger partial charge in [0.15, 0.2) is 27.0 Å². The lowest BCUT2D eigenvalue weighted by molar-refractivity contribution is -0.388. The van der Waals surface area contributed by atoms with Gasteiger partial charge in [-0.15, -0.1) is 0 Å². The first-order valence-electron chi connectivity index (χ1n) is 12.6. The van der Waals surface area contributed by atoms with E-state index in [1.807, 2.05) is 0 Å². The fourth-order valence-electron chi connectivity index (χ4n) is 4.54. The van der Waals surface area contributed by atoms with Crippen molar-refractivity contribution in [1.29, 1.82) is 0 Å². The summed E-state index contributed by atoms with van der Waals surface area (Å²) in [5.74, 6) is -2.54. The van der Waals surface area contributed by atoms with E-state index in [4.69, 9.17) is 13.1 Å². The number of nitrogens with zero attached hydrogens (tertiary/aromatic N) is 2. The van der Waals surface area contributed by atoms with E-state index < -0.39 is 86.5 Å². The van der Waals surface area contributed by atoms with E-state index in [1.165, 1.54) is 30.3 Å². The molecule has 1 heterocycles. The van der Waals surface area contributed by atoms with E-state index in [2.05, 4.69) is 0 Å². The maximum absolute atomic E-state index is 13.3. The van der Waals surface area contributed by atoms with E-state index in [0.29, 0.717) is 0 Å². The molecule has 18 heteroatoms. The molecule has 0 aromatic heterocycles. The van der Waals surface area contributed by atoms with Gasteiger partial charge in [0.1, 0.15) is 17.6 Å². The zero-order valence-electron chi connectivity index (χ0n) is 22.4. The van der Waals surface area contributed by atoms with Gasteiger partial charge in [-0.2, -0.15) is 16.8 Å². The molecule has 234 valence electrons. The van der Waals surface area contributed by atoms with E-state index in [9.17, 15) is 52.4 Å². The molecule has 0 radical (unpaired) electrons. The van der Waals surface area contributed by atoms with Crippen LogP contribution in [0.1, 0.15) is 17.2 Å². The quantitative estimate of drug-likeness (QED) is 0.101. The molecule has 0 aliphatic carbocycles. The molecule has 1 aliphatic heterocycles. The summed E-state index contributed by atoms with van der Waals surface area (Å²) in [6, 6.07) is 13.9. The summed E-state index contributed by atoms with van der Waals surface area (Å²) in [6.45, 7) is 0. The number of aliphatic hydroxyl groups is 1. The van der Waals surface area contributed by atoms with Crippen molar-refractivity contribution < 1.29 is 55.1 Å². The summed E-state index contributed by atoms with van der Waals surface area (Å²) in [7, 11) is -9.92. The van der Waals surface area contributed by atoms with Crippen molar-refractivity contribution in [3.8, 4) is 28.7 Å². The zero-order chi connectivity index (χ0) is 32.7. The minimum atomic E-state index is -4.98. The van der Waals surface area contributed by atoms with Crippen molar-refractivity contribution in [1.82, 2.24) is 0 Å². The number of para-hydroxylation sites is 2. The predicted molar refractivity (Wildman–Crippen MR) is 151 cm³/mol. The molecule has 3 N–H and O–H groups in total. The van der Waals surface area contributed by atoms with Gasteiger partial charge in [0.2, 0.25) is 0 Å². The van der Waals surface area contributed by atoms with Gasteiger partial charge >= 0.3 is 20.2 Å². The van der Waals surface area contributed by atoms with E-state index in [-0.39, 0.29) is 23.3 Å². The molecule has 0 spiro atoms. The van der Waals surface area contributed by atoms with Gasteiger partial charge < -0.3 is 28.4 Å². The largest absolute Gasteiger partial charge is 0.504 e. The second kappa shape index (κ2) is 11.6. The number of rotatable bonds is 9. The molecule has 5 rings (SSSR count). The molecule has 0 unspecified atom stereocenters. The first-order chi connectivity index (χ1) is 21.2. The third kappa shape index (κ3) is 6.14. The van der Waals surface area contributed by atoms with Crippen molar-refractivity contribution in [2.75, 3.05) is 0 Å². The van der Waals surface area contributed by atoms with Crippen LogP contribution in [0, 0.1) is 20.2 Å². The van der Waals surface area contributed by atoms with Crippen molar-refractivity contribution >= 4 is 31.6 Å². The second-order valence-electron chi connectivity index (χ2n) is 9.48. The average Bonchev–Trinajstić information content (AvgIpc) is 2.98. The Balaban J connectivity index is 1.63. The van der Waals surface area contributed by atoms with Crippen LogP contribution in [0.3, 0.4) is 0 Å². The molecule has 0 amide bonds. The predicted octanol–water partition coefficient (Wildman–Crippen LogP) is 3.49. The Morgan fingerprint density at radius 2 is 1.31 bits per heavy atom. The SMILES string of the molecule is O=[N+]([O-])c1ccccc1S(=O)(=O)Oc1cc2c(c(OS(=O)(=O)c3ccccc3[N+](=O)[O-])c1)C[C@@H](O)[C@@H](c1ccc(O)c(O)c1)O2. The molecule has 0 bridgehead atoms. The molecule has 0 saturated carbocycles. The molecule has 4 aromatic rings. The maximum Gasteiger partial charge on any atom is 0.346 e. The summed E-state index contributed by atoms with van der Waals surface area (Å²) >= 11 is 0. The maximum atomic E-state index is 13.3. The van der Waals surface area contributed by atoms with Gasteiger partial charge in [-0.25, -0.2) is 0 Å². The number of aliphatic hydroxyl groups excluding tert-OH is 1. The van der Waals surface area contributed by atoms with Crippen LogP contribution >= 0.6 is 0 Å². The first kappa shape index (κ1) is 31.0. The number of ether oxygens (including phenoxy) is 1. The Morgan fingerprint density at radius 1 is 0.756 bits per heavy atom. The van der Waals surface area contributed by atoms with Crippen molar-refractivity contribution in [2.24, 2.45) is 0 Å². The van der Waals surface area contributed by atoms with Gasteiger partial charge in [-0.05, 0) is 29.8 Å². The van der Waals surface area contributed by atoms with Crippen LogP contribution in [0.5, 0.6) is 28.7 Å². The topological polar surface area (TPSA) is 243 Å². The molecular formula is C27H20N2O14S2. The fourth-order valence-corrected chi connectivity index (χ4v) is 6.74. The number of fused-ring (bicyclic) bond motifs is 1. The van der Waals surface area contributed by atoms with Crippen LogP contribution in [0.2, 0.25) is 0 Å². The van der Waals surface area contributed by atoms with E-state index in [0.717, 1.165) is 48.5 Å². The van der Waals surface area contributed by atoms with Crippen LogP contribution in [0.15, 0.2) is 88.7 Å². The fraction of sp³-hybridized carbons (Fsp3) is 0.111. The Morgan fingerprint density at radius 3 is 1.87 bits per heavy atom. The first-order valence-corrected chi connectivity index (χ1v) is 15.4. The van der Waals surface area contributed by atoms with Crippen LogP contribution in [0.4, 0.5) is 11.4 Å². The minimum absolute atomic E-state index is 0.112. The summed E-state index contributed by atoms with van der Waals surface area (Å²) in [5, 5.41) is 53.5. The molecule has 4 aromatic carbocycles. The summed E-state index contributed by atoms with van der Waals surface area (Å²) in [5.41, 5.74) is -1.57. The Hall–Kier alpha value is -5.46. The highest BCUT2D eigenvalue weighted by Gasteiger charge is 2.36. The number of hydrogen-bond acceptors (Lipinski definition) is 14. The molecule has 45 heavy (non-hydrogen) atoms. The number of phenolic OH excluding ortho intramolecular Hbond substituents is 2. The summed E-state index contributed by atoms with van der Waals surface area (Å²) in [6.07, 6.45) is -3.04. The minimum Gasteiger partial charge on any atom is -0.504 e. The lowest BCUT2D eigenvalue weighted by Crippen LogP contribution is -2.31. The molecule has 0 saturated heterocycles. The Labute approximate surface area is 253 Å². The molecule has 0 fully saturated rings. The molecule has 1 aliphatic rings. The van der Waals surface area contributed by atoms with E-state index in [1.54, 1.807) is 0 Å². The summed E-state index contributed by atoms with van der Waals surface area (Å²) < 4.78 is 69.1. The van der Waals surface area contributed by atoms with Crippen molar-refractivity contribution in [3.63, 3.8) is 0 Å². The molecular weight excluding hydrogens is 640 g/mol. The van der Waals surface area contributed by atoms with Crippen LogP contribution in [-0.2, 0) is 26.7 Å². The number of hydrogen-bond donors (Lipinski definition) is 3. The molecule has 16 nitrogen and oxygen atoms in total. The molecule has 2 atom stereocenters. The Kier molecular flexibility index (Phi) is 7.96. The normalized spacial score (nSPS) is 16.2. The van der Waals surface area contributed by atoms with Gasteiger partial charge in [-0.3, -0.25) is 20.2 Å². The van der Waals surface area contributed by atoms with Crippen molar-refractivity contribution in [3.05, 3.63) is 110 Å². The highest BCUT2D eigenvalue weighted by Crippen LogP contribution is 2.45. The zero-order valence-corrected chi connectivity index (χ0v) is 24.0. The van der Waals surface area contributed by atoms with E-state index >= 15 is 0 Å². The Bertz CT molecular complexity index is 2070. The lowest BCUT2D eigenvalue weighted by Gasteiger charge is -2.32. The average molecular weight is 661 g/mol. The van der Waals surface area contributed by atoms with Gasteiger partial charge in [-0.1, -0.05) is 30.3 Å². The third-order valence-electron chi connectivity index (χ3n) is 6.55. The van der Waals surface area contributed by atoms with Crippen LogP contribution in [0.25, 0.3) is 0 Å². The number of nitro groups is 2. The van der Waals surface area contributed by atoms with Crippen LogP contribution in [-0.4, -0.2) is 48.1 Å².